The van der Waals surface area contributed by atoms with Gasteiger partial charge in [0, 0.05) is 31.1 Å². The summed E-state index contributed by atoms with van der Waals surface area (Å²) >= 11 is 1.57. The number of hydrogen-bond acceptors (Lipinski definition) is 5. The van der Waals surface area contributed by atoms with Crippen LogP contribution in [-0.2, 0) is 20.8 Å². The van der Waals surface area contributed by atoms with Gasteiger partial charge in [-0.25, -0.2) is 0 Å². The monoisotopic (exact) mass is 557 g/mol. The first-order valence-electron chi connectivity index (χ1n) is 13.9. The summed E-state index contributed by atoms with van der Waals surface area (Å²) < 4.78 is -0.918. The van der Waals surface area contributed by atoms with E-state index in [1.807, 2.05) is 86.7 Å². The molecule has 4 aliphatic heterocycles. The van der Waals surface area contributed by atoms with E-state index in [1.54, 1.807) is 33.5 Å². The molecule has 0 bridgehead atoms. The number of fused-ring (bicyclic) bond motifs is 2. The minimum absolute atomic E-state index is 0.0709. The van der Waals surface area contributed by atoms with Gasteiger partial charge in [-0.1, -0.05) is 66.8 Å². The van der Waals surface area contributed by atoms with Crippen molar-refractivity contribution >= 4 is 35.2 Å². The van der Waals surface area contributed by atoms with Crippen molar-refractivity contribution < 1.29 is 19.5 Å². The number of aliphatic hydroxyl groups excluding tert-OH is 1. The summed E-state index contributed by atoms with van der Waals surface area (Å²) in [5.41, 5.74) is 3.81. The standard InChI is InChI=1S/C32H35N3O4S/c1-20-12-13-21(2)24(17-20)34-16-8-14-32-27(26-25(40-32)11-7-15-33(3)29(26)37)30(38)35(28(32)31(34)39)23(19-36)18-22-9-5-4-6-10-22/h4-14,17,23,25-28,36H,15-16,18-19H2,1-3H3/t23-,25+,26-,27+,28?,32+/m1/s1. The zero-order valence-electron chi connectivity index (χ0n) is 23.1. The molecular formula is C32H35N3O4S. The van der Waals surface area contributed by atoms with Gasteiger partial charge in [0.1, 0.15) is 6.04 Å². The summed E-state index contributed by atoms with van der Waals surface area (Å²) in [6.45, 7) is 4.57. The molecule has 8 heteroatoms. The van der Waals surface area contributed by atoms with Gasteiger partial charge in [0.2, 0.25) is 11.8 Å². The lowest BCUT2D eigenvalue weighted by Crippen LogP contribution is -2.57. The van der Waals surface area contributed by atoms with Gasteiger partial charge in [-0.05, 0) is 43.0 Å². The van der Waals surface area contributed by atoms with Gasteiger partial charge in [-0.3, -0.25) is 14.4 Å². The number of likely N-dealkylation sites (tertiary alicyclic amines) is 1. The smallest absolute Gasteiger partial charge is 0.251 e. The number of amides is 3. The van der Waals surface area contributed by atoms with Crippen LogP contribution < -0.4 is 4.90 Å². The number of aryl methyl sites for hydroxylation is 2. The molecule has 4 aliphatic rings. The molecule has 1 unspecified atom stereocenters. The highest BCUT2D eigenvalue weighted by Crippen LogP contribution is 2.61. The predicted octanol–water partition coefficient (Wildman–Crippen LogP) is 3.14. The predicted molar refractivity (Wildman–Crippen MR) is 157 cm³/mol. The number of carbonyl (C=O) groups excluding carboxylic acids is 3. The number of hydrogen-bond donors (Lipinski definition) is 1. The van der Waals surface area contributed by atoms with Crippen molar-refractivity contribution in [2.75, 3.05) is 31.6 Å². The fourth-order valence-corrected chi connectivity index (χ4v) is 8.95. The van der Waals surface area contributed by atoms with E-state index in [0.29, 0.717) is 19.5 Å². The van der Waals surface area contributed by atoms with Crippen LogP contribution in [0.1, 0.15) is 16.7 Å². The van der Waals surface area contributed by atoms with Gasteiger partial charge in [0.15, 0.2) is 0 Å². The maximum absolute atomic E-state index is 14.8. The highest BCUT2D eigenvalue weighted by molar-refractivity contribution is 8.02. The molecule has 0 aromatic heterocycles. The SMILES string of the molecule is Cc1ccc(C)c(N2CC=C[C@]34S[C@H]5C=CCN(C)C(=O)[C@H]5[C@H]3C(=O)N([C@@H](CO)Cc3ccccc3)C4C2=O)c1. The normalized spacial score (nSPS) is 30.2. The minimum Gasteiger partial charge on any atom is -0.394 e. The molecule has 208 valence electrons. The van der Waals surface area contributed by atoms with Crippen molar-refractivity contribution in [2.24, 2.45) is 11.8 Å². The minimum atomic E-state index is -0.918. The average molecular weight is 558 g/mol. The molecule has 40 heavy (non-hydrogen) atoms. The van der Waals surface area contributed by atoms with Crippen LogP contribution in [0.15, 0.2) is 72.8 Å². The first-order chi connectivity index (χ1) is 19.3. The topological polar surface area (TPSA) is 81.2 Å². The maximum Gasteiger partial charge on any atom is 0.251 e. The number of thioether (sulfide) groups is 1. The highest BCUT2D eigenvalue weighted by atomic mass is 32.2. The third-order valence-corrected chi connectivity index (χ3v) is 10.6. The number of benzene rings is 2. The molecule has 2 aromatic rings. The van der Waals surface area contributed by atoms with Crippen molar-refractivity contribution in [1.29, 1.82) is 0 Å². The first-order valence-corrected chi connectivity index (χ1v) is 14.8. The number of anilines is 1. The average Bonchev–Trinajstić information content (AvgIpc) is 3.28. The van der Waals surface area contributed by atoms with Crippen LogP contribution in [0.5, 0.6) is 0 Å². The second kappa shape index (κ2) is 10.2. The Balaban J connectivity index is 1.50. The highest BCUT2D eigenvalue weighted by Gasteiger charge is 2.71. The molecule has 3 amide bonds. The van der Waals surface area contributed by atoms with Crippen molar-refractivity contribution in [2.45, 2.75) is 42.3 Å². The fourth-order valence-electron chi connectivity index (χ4n) is 6.96. The molecule has 0 radical (unpaired) electrons. The summed E-state index contributed by atoms with van der Waals surface area (Å²) in [5.74, 6) is -1.74. The number of nitrogens with zero attached hydrogens (tertiary/aromatic N) is 3. The van der Waals surface area contributed by atoms with Gasteiger partial charge in [0.05, 0.1) is 29.2 Å². The zero-order valence-corrected chi connectivity index (χ0v) is 23.9. The van der Waals surface area contributed by atoms with Crippen LogP contribution >= 0.6 is 11.8 Å². The summed E-state index contributed by atoms with van der Waals surface area (Å²) in [7, 11) is 1.77. The van der Waals surface area contributed by atoms with Crippen LogP contribution in [0.25, 0.3) is 0 Å². The Bertz CT molecular complexity index is 1410. The van der Waals surface area contributed by atoms with E-state index < -0.39 is 28.7 Å². The lowest BCUT2D eigenvalue weighted by Gasteiger charge is -2.38. The van der Waals surface area contributed by atoms with E-state index >= 15 is 0 Å². The molecule has 0 aliphatic carbocycles. The van der Waals surface area contributed by atoms with E-state index in [2.05, 4.69) is 0 Å². The van der Waals surface area contributed by atoms with Gasteiger partial charge >= 0.3 is 0 Å². The van der Waals surface area contributed by atoms with Gasteiger partial charge in [0.25, 0.3) is 5.91 Å². The third kappa shape index (κ3) is 4.11. The van der Waals surface area contributed by atoms with Crippen LogP contribution in [0.2, 0.25) is 0 Å². The lowest BCUT2D eigenvalue weighted by atomic mass is 9.78. The lowest BCUT2D eigenvalue weighted by molar-refractivity contribution is -0.144. The van der Waals surface area contributed by atoms with Crippen LogP contribution in [0.3, 0.4) is 0 Å². The van der Waals surface area contributed by atoms with Gasteiger partial charge in [-0.2, -0.15) is 0 Å². The first kappa shape index (κ1) is 26.8. The number of carbonyl (C=O) groups is 3. The largest absolute Gasteiger partial charge is 0.394 e. The van der Waals surface area contributed by atoms with Gasteiger partial charge in [-0.15, -0.1) is 11.8 Å². The maximum atomic E-state index is 14.8. The Kier molecular flexibility index (Phi) is 6.87. The van der Waals surface area contributed by atoms with E-state index in [-0.39, 0.29) is 29.6 Å². The molecule has 7 nitrogen and oxygen atoms in total. The molecule has 4 heterocycles. The summed E-state index contributed by atoms with van der Waals surface area (Å²) in [6, 6.07) is 14.3. The van der Waals surface area contributed by atoms with Crippen molar-refractivity contribution in [3.63, 3.8) is 0 Å². The fraction of sp³-hybridized carbons (Fsp3) is 0.406. The molecule has 0 saturated carbocycles. The molecule has 2 saturated heterocycles. The second-order valence-electron chi connectivity index (χ2n) is 11.4. The van der Waals surface area contributed by atoms with Crippen molar-refractivity contribution in [3.8, 4) is 0 Å². The van der Waals surface area contributed by atoms with Gasteiger partial charge < -0.3 is 19.8 Å². The molecule has 1 N–H and O–H groups in total. The molecule has 2 aromatic carbocycles. The van der Waals surface area contributed by atoms with E-state index in [4.69, 9.17) is 0 Å². The van der Waals surface area contributed by atoms with Crippen molar-refractivity contribution in [3.05, 3.63) is 89.5 Å². The van der Waals surface area contributed by atoms with Crippen LogP contribution in [-0.4, -0.2) is 81.5 Å². The molecule has 1 spiro atoms. The quantitative estimate of drug-likeness (QED) is 0.572. The summed E-state index contributed by atoms with van der Waals surface area (Å²) in [4.78, 5) is 48.1. The molecule has 6 rings (SSSR count). The number of likely N-dealkylation sites (N-methyl/N-ethyl adjacent to an activating group) is 1. The third-order valence-electron chi connectivity index (χ3n) is 8.87. The van der Waals surface area contributed by atoms with E-state index in [0.717, 1.165) is 22.4 Å². The number of rotatable bonds is 5. The Morgan fingerprint density at radius 1 is 1.00 bits per heavy atom. The van der Waals surface area contributed by atoms with Crippen LogP contribution in [0.4, 0.5) is 5.69 Å². The van der Waals surface area contributed by atoms with Crippen molar-refractivity contribution in [1.82, 2.24) is 9.80 Å². The molecule has 2 fully saturated rings. The van der Waals surface area contributed by atoms with E-state index in [1.165, 1.54) is 0 Å². The Labute approximate surface area is 239 Å². The van der Waals surface area contributed by atoms with E-state index in [9.17, 15) is 19.5 Å². The summed E-state index contributed by atoms with van der Waals surface area (Å²) in [6.07, 6.45) is 8.46. The Morgan fingerprint density at radius 3 is 2.52 bits per heavy atom. The molecular weight excluding hydrogens is 522 g/mol. The molecule has 6 atom stereocenters. The zero-order chi connectivity index (χ0) is 28.2. The second-order valence-corrected chi connectivity index (χ2v) is 12.9. The summed E-state index contributed by atoms with van der Waals surface area (Å²) in [5, 5.41) is 10.5. The van der Waals surface area contributed by atoms with Crippen LogP contribution in [0, 0.1) is 25.7 Å². The number of aliphatic hydroxyl groups is 1. The Morgan fingerprint density at radius 2 is 1.77 bits per heavy atom. The Hall–Kier alpha value is -3.36.